The first-order valence-corrected chi connectivity index (χ1v) is 11.0. The minimum absolute atomic E-state index is 0.213. The molecule has 1 aliphatic rings. The lowest BCUT2D eigenvalue weighted by Crippen LogP contribution is -2.47. The number of hydrogen-bond acceptors (Lipinski definition) is 5. The van der Waals surface area contributed by atoms with E-state index in [2.05, 4.69) is 27.5 Å². The van der Waals surface area contributed by atoms with Crippen molar-refractivity contribution in [1.29, 1.82) is 0 Å². The third-order valence-corrected chi connectivity index (χ3v) is 5.74. The monoisotopic (exact) mass is 409 g/mol. The molecule has 1 saturated heterocycles. The van der Waals surface area contributed by atoms with Crippen LogP contribution in [-0.4, -0.2) is 60.8 Å². The molecule has 2 heterocycles. The first kappa shape index (κ1) is 22.5. The Morgan fingerprint density at radius 1 is 1.43 bits per heavy atom. The summed E-state index contributed by atoms with van der Waals surface area (Å²) in [6.07, 6.45) is 5.78. The zero-order valence-corrected chi connectivity index (χ0v) is 18.7. The number of aliphatic imine (C=N–C) groups is 1. The van der Waals surface area contributed by atoms with E-state index < -0.39 is 5.60 Å². The van der Waals surface area contributed by atoms with Crippen molar-refractivity contribution in [3.8, 4) is 0 Å². The number of piperidine rings is 1. The second kappa shape index (κ2) is 10.6. The summed E-state index contributed by atoms with van der Waals surface area (Å²) in [4.78, 5) is 24.2. The molecule has 2 N–H and O–H groups in total. The second-order valence-corrected chi connectivity index (χ2v) is 9.34. The molecule has 0 aromatic carbocycles. The maximum Gasteiger partial charge on any atom is 0.410 e. The van der Waals surface area contributed by atoms with Crippen molar-refractivity contribution in [1.82, 2.24) is 20.5 Å². The molecule has 1 atom stereocenters. The van der Waals surface area contributed by atoms with E-state index in [-0.39, 0.29) is 6.09 Å². The standard InChI is InChI=1S/C20H35N5O2S/c1-6-16-13-23-17(28-16)9-10-22-18(21-5)24-12-15-8-7-11-25(14-15)19(26)27-20(2,3)4/h13,15H,6-12,14H2,1-5H3,(H2,21,22,24). The van der Waals surface area contributed by atoms with Gasteiger partial charge in [0.15, 0.2) is 5.96 Å². The number of likely N-dealkylation sites (tertiary alicyclic amines) is 1. The number of amides is 1. The fourth-order valence-corrected chi connectivity index (χ4v) is 3.96. The Hall–Kier alpha value is -1.83. The zero-order valence-electron chi connectivity index (χ0n) is 17.9. The maximum absolute atomic E-state index is 12.3. The summed E-state index contributed by atoms with van der Waals surface area (Å²) < 4.78 is 5.50. The Morgan fingerprint density at radius 3 is 2.86 bits per heavy atom. The largest absolute Gasteiger partial charge is 0.444 e. The molecular weight excluding hydrogens is 374 g/mol. The van der Waals surface area contributed by atoms with Gasteiger partial charge in [0.1, 0.15) is 5.60 Å². The summed E-state index contributed by atoms with van der Waals surface area (Å²) in [6, 6.07) is 0. The Morgan fingerprint density at radius 2 is 2.21 bits per heavy atom. The van der Waals surface area contributed by atoms with Crippen LogP contribution < -0.4 is 10.6 Å². The number of hydrogen-bond donors (Lipinski definition) is 2. The van der Waals surface area contributed by atoms with Crippen molar-refractivity contribution in [2.75, 3.05) is 33.2 Å². The van der Waals surface area contributed by atoms with E-state index in [1.165, 1.54) is 4.88 Å². The smallest absolute Gasteiger partial charge is 0.410 e. The van der Waals surface area contributed by atoms with Crippen LogP contribution in [0.5, 0.6) is 0 Å². The lowest BCUT2D eigenvalue weighted by atomic mass is 9.98. The number of ether oxygens (including phenoxy) is 1. The van der Waals surface area contributed by atoms with E-state index in [1.54, 1.807) is 18.4 Å². The van der Waals surface area contributed by atoms with Gasteiger partial charge in [0, 0.05) is 50.7 Å². The summed E-state index contributed by atoms with van der Waals surface area (Å²) in [5.41, 5.74) is -0.455. The molecule has 2 rings (SSSR count). The van der Waals surface area contributed by atoms with Crippen molar-refractivity contribution in [3.05, 3.63) is 16.1 Å². The van der Waals surface area contributed by atoms with Crippen LogP contribution in [0.2, 0.25) is 0 Å². The van der Waals surface area contributed by atoms with Gasteiger partial charge < -0.3 is 20.3 Å². The predicted molar refractivity (Wildman–Crippen MR) is 115 cm³/mol. The van der Waals surface area contributed by atoms with E-state index in [1.807, 2.05) is 31.9 Å². The predicted octanol–water partition coefficient (Wildman–Crippen LogP) is 3.06. The molecule has 1 aliphatic heterocycles. The molecule has 0 spiro atoms. The van der Waals surface area contributed by atoms with Crippen molar-refractivity contribution in [2.45, 2.75) is 59.0 Å². The summed E-state index contributed by atoms with van der Waals surface area (Å²) in [6.45, 7) is 10.9. The summed E-state index contributed by atoms with van der Waals surface area (Å²) in [5, 5.41) is 7.90. The van der Waals surface area contributed by atoms with Crippen molar-refractivity contribution in [3.63, 3.8) is 0 Å². The molecule has 0 bridgehead atoms. The van der Waals surface area contributed by atoms with Crippen LogP contribution >= 0.6 is 11.3 Å². The molecule has 28 heavy (non-hydrogen) atoms. The van der Waals surface area contributed by atoms with Gasteiger partial charge in [-0.2, -0.15) is 0 Å². The third kappa shape index (κ3) is 7.66. The van der Waals surface area contributed by atoms with Gasteiger partial charge in [-0.3, -0.25) is 4.99 Å². The number of guanidine groups is 1. The van der Waals surface area contributed by atoms with Crippen LogP contribution in [-0.2, 0) is 17.6 Å². The average Bonchev–Trinajstić information content (AvgIpc) is 3.11. The Balaban J connectivity index is 1.72. The van der Waals surface area contributed by atoms with Crippen LogP contribution in [0.3, 0.4) is 0 Å². The van der Waals surface area contributed by atoms with E-state index in [4.69, 9.17) is 4.74 Å². The lowest BCUT2D eigenvalue weighted by Gasteiger charge is -2.34. The van der Waals surface area contributed by atoms with Gasteiger partial charge in [-0.05, 0) is 46.0 Å². The molecule has 1 unspecified atom stereocenters. The van der Waals surface area contributed by atoms with Gasteiger partial charge in [0.25, 0.3) is 0 Å². The lowest BCUT2D eigenvalue weighted by molar-refractivity contribution is 0.0168. The molecule has 1 fully saturated rings. The molecule has 8 heteroatoms. The summed E-state index contributed by atoms with van der Waals surface area (Å²) >= 11 is 1.77. The topological polar surface area (TPSA) is 78.9 Å². The second-order valence-electron chi connectivity index (χ2n) is 8.14. The Bertz CT molecular complexity index is 653. The Kier molecular flexibility index (Phi) is 8.54. The highest BCUT2D eigenvalue weighted by Crippen LogP contribution is 2.19. The van der Waals surface area contributed by atoms with Crippen LogP contribution in [0, 0.1) is 5.92 Å². The molecule has 1 aromatic rings. The van der Waals surface area contributed by atoms with Gasteiger partial charge in [-0.15, -0.1) is 11.3 Å². The quantitative estimate of drug-likeness (QED) is 0.558. The highest BCUT2D eigenvalue weighted by Gasteiger charge is 2.27. The van der Waals surface area contributed by atoms with Crippen molar-refractivity contribution in [2.24, 2.45) is 10.9 Å². The summed E-state index contributed by atoms with van der Waals surface area (Å²) in [7, 11) is 1.78. The molecule has 0 radical (unpaired) electrons. The van der Waals surface area contributed by atoms with Crippen molar-refractivity contribution >= 4 is 23.4 Å². The number of thiazole rings is 1. The average molecular weight is 410 g/mol. The first-order valence-electron chi connectivity index (χ1n) is 10.2. The fraction of sp³-hybridized carbons (Fsp3) is 0.750. The van der Waals surface area contributed by atoms with E-state index in [9.17, 15) is 4.79 Å². The molecular formula is C20H35N5O2S. The highest BCUT2D eigenvalue weighted by molar-refractivity contribution is 7.11. The first-order chi connectivity index (χ1) is 13.3. The minimum Gasteiger partial charge on any atom is -0.444 e. The molecule has 158 valence electrons. The molecule has 7 nitrogen and oxygen atoms in total. The molecule has 0 saturated carbocycles. The van der Waals surface area contributed by atoms with Crippen LogP contribution in [0.15, 0.2) is 11.2 Å². The van der Waals surface area contributed by atoms with E-state index in [0.29, 0.717) is 5.92 Å². The minimum atomic E-state index is -0.455. The number of carbonyl (C=O) groups is 1. The van der Waals surface area contributed by atoms with Gasteiger partial charge in [-0.25, -0.2) is 9.78 Å². The number of carbonyl (C=O) groups excluding carboxylic acids is 1. The molecule has 0 aliphatic carbocycles. The highest BCUT2D eigenvalue weighted by atomic mass is 32.1. The number of aromatic nitrogens is 1. The Labute approximate surface area is 173 Å². The van der Waals surface area contributed by atoms with Crippen LogP contribution in [0.25, 0.3) is 0 Å². The van der Waals surface area contributed by atoms with Gasteiger partial charge in [0.05, 0.1) is 5.01 Å². The molecule has 1 aromatic heterocycles. The van der Waals surface area contributed by atoms with Gasteiger partial charge in [0.2, 0.25) is 0 Å². The van der Waals surface area contributed by atoms with Gasteiger partial charge >= 0.3 is 6.09 Å². The number of nitrogens with one attached hydrogen (secondary N) is 2. The zero-order chi connectivity index (χ0) is 20.6. The van der Waals surface area contributed by atoms with E-state index in [0.717, 1.165) is 62.8 Å². The number of nitrogens with zero attached hydrogens (tertiary/aromatic N) is 3. The normalized spacial score (nSPS) is 18.1. The third-order valence-electron chi connectivity index (χ3n) is 4.53. The van der Waals surface area contributed by atoms with E-state index >= 15 is 0 Å². The van der Waals surface area contributed by atoms with Gasteiger partial charge in [-0.1, -0.05) is 6.92 Å². The SMILES string of the molecule is CCc1cnc(CCNC(=NC)NCC2CCCN(C(=O)OC(C)(C)C)C2)s1. The van der Waals surface area contributed by atoms with Crippen molar-refractivity contribution < 1.29 is 9.53 Å². The maximum atomic E-state index is 12.3. The number of aryl methyl sites for hydroxylation is 1. The molecule has 1 amide bonds. The van der Waals surface area contributed by atoms with Crippen LogP contribution in [0.4, 0.5) is 4.79 Å². The fourth-order valence-electron chi connectivity index (χ4n) is 3.10. The van der Waals surface area contributed by atoms with Crippen LogP contribution in [0.1, 0.15) is 50.4 Å². The summed E-state index contributed by atoms with van der Waals surface area (Å²) in [5.74, 6) is 1.19. The number of rotatable bonds is 6.